The van der Waals surface area contributed by atoms with Crippen molar-refractivity contribution in [2.24, 2.45) is 0 Å². The summed E-state index contributed by atoms with van der Waals surface area (Å²) < 4.78 is 31.6. The molecule has 8 heteroatoms. The Labute approximate surface area is 142 Å². The Morgan fingerprint density at radius 2 is 1.96 bits per heavy atom. The van der Waals surface area contributed by atoms with Crippen molar-refractivity contribution >= 4 is 21.7 Å². The minimum atomic E-state index is -3.56. The topological polar surface area (TPSA) is 108 Å². The van der Waals surface area contributed by atoms with E-state index in [2.05, 4.69) is 10.0 Å². The number of hydrogen-bond donors (Lipinski definition) is 2. The van der Waals surface area contributed by atoms with E-state index in [0.717, 1.165) is 0 Å². The number of nitrogens with zero attached hydrogens (tertiary/aromatic N) is 1. The van der Waals surface area contributed by atoms with Crippen LogP contribution in [0.3, 0.4) is 0 Å². The summed E-state index contributed by atoms with van der Waals surface area (Å²) in [5, 5.41) is 11.7. The third-order valence-corrected chi connectivity index (χ3v) is 4.74. The van der Waals surface area contributed by atoms with Crippen molar-refractivity contribution in [3.05, 3.63) is 36.0 Å². The molecule has 0 saturated carbocycles. The van der Waals surface area contributed by atoms with Crippen molar-refractivity contribution in [1.82, 2.24) is 4.72 Å². The molecule has 0 aliphatic rings. The van der Waals surface area contributed by atoms with E-state index < -0.39 is 16.0 Å². The van der Waals surface area contributed by atoms with Crippen LogP contribution in [-0.4, -0.2) is 27.0 Å². The Morgan fingerprint density at radius 3 is 2.46 bits per heavy atom. The van der Waals surface area contributed by atoms with E-state index in [1.165, 1.54) is 18.3 Å². The molecule has 130 valence electrons. The van der Waals surface area contributed by atoms with E-state index in [-0.39, 0.29) is 23.1 Å². The lowest BCUT2D eigenvalue weighted by atomic mass is 10.3. The minimum Gasteiger partial charge on any atom is -0.462 e. The van der Waals surface area contributed by atoms with Gasteiger partial charge in [-0.2, -0.15) is 5.26 Å². The second-order valence-electron chi connectivity index (χ2n) is 4.99. The quantitative estimate of drug-likeness (QED) is 0.422. The molecular weight excluding hydrogens is 330 g/mol. The highest BCUT2D eigenvalue weighted by Gasteiger charge is 2.16. The normalized spacial score (nSPS) is 13.0. The first kappa shape index (κ1) is 19.7. The van der Waals surface area contributed by atoms with Crippen molar-refractivity contribution in [1.29, 1.82) is 5.26 Å². The number of benzene rings is 1. The first-order valence-electron chi connectivity index (χ1n) is 7.50. The molecule has 24 heavy (non-hydrogen) atoms. The number of nitriles is 1. The summed E-state index contributed by atoms with van der Waals surface area (Å²) >= 11 is 0. The van der Waals surface area contributed by atoms with Gasteiger partial charge in [-0.25, -0.2) is 17.9 Å². The molecule has 0 radical (unpaired) electrons. The second-order valence-corrected chi connectivity index (χ2v) is 6.70. The lowest BCUT2D eigenvalue weighted by Gasteiger charge is -2.12. The third kappa shape index (κ3) is 5.68. The van der Waals surface area contributed by atoms with E-state index in [1.807, 2.05) is 6.92 Å². The van der Waals surface area contributed by atoms with E-state index >= 15 is 0 Å². The van der Waals surface area contributed by atoms with Crippen molar-refractivity contribution in [3.8, 4) is 6.07 Å². The van der Waals surface area contributed by atoms with Gasteiger partial charge in [0.2, 0.25) is 10.0 Å². The average Bonchev–Trinajstić information content (AvgIpc) is 2.55. The minimum absolute atomic E-state index is 0.142. The summed E-state index contributed by atoms with van der Waals surface area (Å²) in [5.74, 6) is -0.718. The molecule has 1 rings (SSSR count). The van der Waals surface area contributed by atoms with Crippen LogP contribution in [-0.2, 0) is 19.6 Å². The fraction of sp³-hybridized carbons (Fsp3) is 0.375. The molecule has 0 aliphatic carbocycles. The first-order chi connectivity index (χ1) is 11.3. The smallest absolute Gasteiger partial charge is 0.350 e. The number of anilines is 1. The number of sulfonamides is 1. The molecule has 7 nitrogen and oxygen atoms in total. The molecule has 0 aromatic heterocycles. The highest BCUT2D eigenvalue weighted by atomic mass is 32.2. The van der Waals surface area contributed by atoms with E-state index in [1.54, 1.807) is 32.0 Å². The zero-order valence-electron chi connectivity index (χ0n) is 13.9. The molecule has 0 spiro atoms. The summed E-state index contributed by atoms with van der Waals surface area (Å²) in [5.41, 5.74) is 0.363. The van der Waals surface area contributed by atoms with E-state index in [4.69, 9.17) is 10.00 Å². The predicted molar refractivity (Wildman–Crippen MR) is 90.5 cm³/mol. The van der Waals surface area contributed by atoms with Crippen molar-refractivity contribution < 1.29 is 17.9 Å². The van der Waals surface area contributed by atoms with Crippen molar-refractivity contribution in [2.75, 3.05) is 11.9 Å². The van der Waals surface area contributed by atoms with Crippen LogP contribution in [0.25, 0.3) is 0 Å². The van der Waals surface area contributed by atoms with Crippen LogP contribution in [0, 0.1) is 11.3 Å². The highest BCUT2D eigenvalue weighted by Crippen LogP contribution is 2.15. The van der Waals surface area contributed by atoms with Gasteiger partial charge in [0.05, 0.1) is 11.5 Å². The van der Waals surface area contributed by atoms with Gasteiger partial charge in [0, 0.05) is 17.9 Å². The van der Waals surface area contributed by atoms with Gasteiger partial charge in [-0.05, 0) is 44.5 Å². The van der Waals surface area contributed by atoms with Gasteiger partial charge < -0.3 is 10.1 Å². The van der Waals surface area contributed by atoms with Crippen molar-refractivity contribution in [3.63, 3.8) is 0 Å². The summed E-state index contributed by atoms with van der Waals surface area (Å²) in [7, 11) is -3.56. The number of ether oxygens (including phenoxy) is 1. The molecule has 1 atom stereocenters. The van der Waals surface area contributed by atoms with Gasteiger partial charge in [0.25, 0.3) is 0 Å². The maximum atomic E-state index is 12.1. The Kier molecular flexibility index (Phi) is 7.42. The molecular formula is C16H21N3O4S. The first-order valence-corrected chi connectivity index (χ1v) is 8.98. The zero-order valence-corrected chi connectivity index (χ0v) is 14.7. The van der Waals surface area contributed by atoms with Gasteiger partial charge in [-0.15, -0.1) is 0 Å². The van der Waals surface area contributed by atoms with Crippen LogP contribution in [0.1, 0.15) is 27.2 Å². The number of carbonyl (C=O) groups excluding carboxylic acids is 1. The van der Waals surface area contributed by atoms with Gasteiger partial charge in [0.1, 0.15) is 6.07 Å². The van der Waals surface area contributed by atoms with Crippen LogP contribution in [0.4, 0.5) is 5.69 Å². The Hall–Kier alpha value is -2.37. The molecule has 2 N–H and O–H groups in total. The van der Waals surface area contributed by atoms with Crippen LogP contribution >= 0.6 is 0 Å². The number of hydrogen-bond acceptors (Lipinski definition) is 6. The Balaban J connectivity index is 2.85. The van der Waals surface area contributed by atoms with Crippen LogP contribution < -0.4 is 10.0 Å². The van der Waals surface area contributed by atoms with Gasteiger partial charge >= 0.3 is 5.97 Å². The molecule has 0 aliphatic heterocycles. The van der Waals surface area contributed by atoms with Crippen LogP contribution in [0.2, 0.25) is 0 Å². The fourth-order valence-corrected chi connectivity index (χ4v) is 2.97. The SMILES string of the molecule is CCOC(=O)/C(C#N)=C/Nc1ccc(S(=O)(=O)NC(C)CC)cc1. The van der Waals surface area contributed by atoms with Gasteiger partial charge in [-0.1, -0.05) is 6.92 Å². The predicted octanol–water partition coefficient (Wildman–Crippen LogP) is 2.15. The van der Waals surface area contributed by atoms with Gasteiger partial charge in [-0.3, -0.25) is 0 Å². The number of esters is 1. The maximum absolute atomic E-state index is 12.1. The number of nitrogens with one attached hydrogen (secondary N) is 2. The molecule has 1 aromatic rings. The summed E-state index contributed by atoms with van der Waals surface area (Å²) in [4.78, 5) is 11.6. The lowest BCUT2D eigenvalue weighted by Crippen LogP contribution is -2.31. The van der Waals surface area contributed by atoms with Crippen molar-refractivity contribution in [2.45, 2.75) is 38.1 Å². The molecule has 0 heterocycles. The molecule has 0 saturated heterocycles. The van der Waals surface area contributed by atoms with E-state index in [9.17, 15) is 13.2 Å². The molecule has 0 amide bonds. The fourth-order valence-electron chi connectivity index (χ4n) is 1.65. The second kappa shape index (κ2) is 9.05. The largest absolute Gasteiger partial charge is 0.462 e. The zero-order chi connectivity index (χ0) is 18.2. The maximum Gasteiger partial charge on any atom is 0.350 e. The number of rotatable bonds is 8. The molecule has 1 unspecified atom stereocenters. The summed E-state index contributed by atoms with van der Waals surface area (Å²) in [6.45, 7) is 5.50. The summed E-state index contributed by atoms with van der Waals surface area (Å²) in [6.07, 6.45) is 1.91. The van der Waals surface area contributed by atoms with Crippen LogP contribution in [0.5, 0.6) is 0 Å². The lowest BCUT2D eigenvalue weighted by molar-refractivity contribution is -0.138. The van der Waals surface area contributed by atoms with E-state index in [0.29, 0.717) is 12.1 Å². The standard InChI is InChI=1S/C16H21N3O4S/c1-4-12(3)19-24(21,22)15-8-6-14(7-9-15)18-11-13(10-17)16(20)23-5-2/h6-9,11-12,18-19H,4-5H2,1-3H3/b13-11+. The van der Waals surface area contributed by atoms with Crippen LogP contribution in [0.15, 0.2) is 40.9 Å². The highest BCUT2D eigenvalue weighted by molar-refractivity contribution is 7.89. The Morgan fingerprint density at radius 1 is 1.33 bits per heavy atom. The Bertz CT molecular complexity index is 734. The van der Waals surface area contributed by atoms with Gasteiger partial charge in [0.15, 0.2) is 5.57 Å². The molecule has 0 bridgehead atoms. The monoisotopic (exact) mass is 351 g/mol. The molecule has 1 aromatic carbocycles. The third-order valence-electron chi connectivity index (χ3n) is 3.13. The number of carbonyl (C=O) groups is 1. The summed E-state index contributed by atoms with van der Waals surface area (Å²) in [6, 6.07) is 7.56. The average molecular weight is 351 g/mol. The molecule has 0 fully saturated rings.